The quantitative estimate of drug-likeness (QED) is 0.467. The number of likely N-dealkylation sites (N-methyl/N-ethyl adjacent to an activating group) is 1. The third kappa shape index (κ3) is 6.11. The number of alkyl halides is 3. The lowest BCUT2D eigenvalue weighted by Crippen LogP contribution is -2.44. The summed E-state index contributed by atoms with van der Waals surface area (Å²) in [5, 5.41) is 5.83. The predicted molar refractivity (Wildman–Crippen MR) is 132 cm³/mol. The SMILES string of the molecule is C[C@@H](NC(=O)c1cnc(N2CCN(C)CC2)s1)c1ncc(C(=O)Nc2cc(C(F)(F)F)c(Cl)cn2)s1. The number of aromatic nitrogens is 3. The zero-order valence-corrected chi connectivity index (χ0v) is 21.5. The molecule has 0 bridgehead atoms. The number of anilines is 2. The fourth-order valence-electron chi connectivity index (χ4n) is 3.34. The van der Waals surface area contributed by atoms with Crippen LogP contribution < -0.4 is 15.5 Å². The first-order valence-corrected chi connectivity index (χ1v) is 12.7. The molecule has 1 atom stereocenters. The number of pyridine rings is 1. The molecule has 1 saturated heterocycles. The van der Waals surface area contributed by atoms with Gasteiger partial charge in [-0.25, -0.2) is 15.0 Å². The van der Waals surface area contributed by atoms with Crippen LogP contribution in [0.4, 0.5) is 24.1 Å². The van der Waals surface area contributed by atoms with Gasteiger partial charge in [-0.2, -0.15) is 13.2 Å². The molecule has 0 saturated carbocycles. The Bertz CT molecular complexity index is 1260. The summed E-state index contributed by atoms with van der Waals surface area (Å²) in [7, 11) is 2.06. The van der Waals surface area contributed by atoms with Crippen molar-refractivity contribution >= 4 is 57.0 Å². The van der Waals surface area contributed by atoms with Gasteiger partial charge in [0.2, 0.25) is 0 Å². The number of nitrogens with zero attached hydrogens (tertiary/aromatic N) is 5. The fourth-order valence-corrected chi connectivity index (χ4v) is 5.24. The maximum absolute atomic E-state index is 13.0. The van der Waals surface area contributed by atoms with E-state index in [0.29, 0.717) is 16.0 Å². The van der Waals surface area contributed by atoms with Crippen molar-refractivity contribution in [3.63, 3.8) is 0 Å². The van der Waals surface area contributed by atoms with E-state index >= 15 is 0 Å². The van der Waals surface area contributed by atoms with Crippen LogP contribution in [-0.2, 0) is 6.18 Å². The third-order valence-corrected chi connectivity index (χ3v) is 7.90. The normalized spacial score (nSPS) is 15.6. The van der Waals surface area contributed by atoms with Crippen LogP contribution in [0, 0.1) is 0 Å². The van der Waals surface area contributed by atoms with Gasteiger partial charge in [0, 0.05) is 32.4 Å². The number of piperazine rings is 1. The molecule has 2 amide bonds. The van der Waals surface area contributed by atoms with Crippen molar-refractivity contribution in [3.8, 4) is 0 Å². The van der Waals surface area contributed by atoms with E-state index in [1.54, 1.807) is 6.92 Å². The summed E-state index contributed by atoms with van der Waals surface area (Å²) in [4.78, 5) is 42.5. The highest BCUT2D eigenvalue weighted by atomic mass is 35.5. The first-order valence-electron chi connectivity index (χ1n) is 10.7. The Labute approximate surface area is 217 Å². The number of amides is 2. The monoisotopic (exact) mass is 559 g/mol. The molecule has 0 aliphatic carbocycles. The van der Waals surface area contributed by atoms with Crippen molar-refractivity contribution in [3.05, 3.63) is 50.0 Å². The maximum atomic E-state index is 13.0. The lowest BCUT2D eigenvalue weighted by molar-refractivity contribution is -0.137. The smallest absolute Gasteiger partial charge is 0.346 e. The second-order valence-corrected chi connectivity index (χ2v) is 10.5. The van der Waals surface area contributed by atoms with Gasteiger partial charge in [-0.1, -0.05) is 22.9 Å². The van der Waals surface area contributed by atoms with Gasteiger partial charge in [-0.15, -0.1) is 11.3 Å². The number of thiazole rings is 2. The van der Waals surface area contributed by atoms with Gasteiger partial charge in [0.15, 0.2) is 5.13 Å². The zero-order chi connectivity index (χ0) is 26.0. The molecule has 0 unspecified atom stereocenters. The van der Waals surface area contributed by atoms with E-state index < -0.39 is 28.7 Å². The Kier molecular flexibility index (Phi) is 7.78. The molecule has 36 heavy (non-hydrogen) atoms. The summed E-state index contributed by atoms with van der Waals surface area (Å²) in [6.07, 6.45) is -1.04. The van der Waals surface area contributed by atoms with E-state index in [1.807, 2.05) is 0 Å². The number of halogens is 4. The Hall–Kier alpha value is -2.81. The van der Waals surface area contributed by atoms with E-state index in [1.165, 1.54) is 23.7 Å². The van der Waals surface area contributed by atoms with E-state index in [9.17, 15) is 22.8 Å². The van der Waals surface area contributed by atoms with Gasteiger partial charge >= 0.3 is 6.18 Å². The van der Waals surface area contributed by atoms with Crippen LogP contribution in [-0.4, -0.2) is 64.9 Å². The maximum Gasteiger partial charge on any atom is 0.418 e. The lowest BCUT2D eigenvalue weighted by Gasteiger charge is -2.32. The Morgan fingerprint density at radius 3 is 2.39 bits per heavy atom. The van der Waals surface area contributed by atoms with E-state index in [4.69, 9.17) is 11.6 Å². The van der Waals surface area contributed by atoms with Gasteiger partial charge in [-0.3, -0.25) is 9.59 Å². The van der Waals surface area contributed by atoms with Crippen LogP contribution in [0.5, 0.6) is 0 Å². The fraction of sp³-hybridized carbons (Fsp3) is 0.381. The number of rotatable bonds is 6. The standard InChI is InChI=1S/C21H21ClF3N7O2S2/c1-11(29-17(33)15-10-28-20(36-15)32-5-3-31(2)4-6-32)19-27-9-14(35-19)18(34)30-16-7-12(21(23,24)25)13(22)8-26-16/h7-11H,3-6H2,1-2H3,(H,29,33)(H,26,30,34)/t11-/m1/s1. The van der Waals surface area contributed by atoms with Gasteiger partial charge in [0.1, 0.15) is 20.6 Å². The number of hydrogen-bond donors (Lipinski definition) is 2. The van der Waals surface area contributed by atoms with Crippen molar-refractivity contribution in [1.82, 2.24) is 25.2 Å². The van der Waals surface area contributed by atoms with E-state index in [-0.39, 0.29) is 16.6 Å². The van der Waals surface area contributed by atoms with Crippen LogP contribution >= 0.6 is 34.3 Å². The molecule has 192 valence electrons. The minimum atomic E-state index is -4.69. The summed E-state index contributed by atoms with van der Waals surface area (Å²) in [6.45, 7) is 5.26. The molecule has 9 nitrogen and oxygen atoms in total. The molecule has 2 N–H and O–H groups in total. The molecule has 4 rings (SSSR count). The molecule has 1 aliphatic rings. The van der Waals surface area contributed by atoms with E-state index in [0.717, 1.165) is 48.8 Å². The zero-order valence-electron chi connectivity index (χ0n) is 19.1. The largest absolute Gasteiger partial charge is 0.418 e. The number of carbonyl (C=O) groups excluding carboxylic acids is 2. The molecule has 0 aromatic carbocycles. The molecule has 15 heteroatoms. The number of carbonyl (C=O) groups is 2. The summed E-state index contributed by atoms with van der Waals surface area (Å²) < 4.78 is 39.1. The molecule has 4 heterocycles. The van der Waals surface area contributed by atoms with Gasteiger partial charge in [0.25, 0.3) is 11.8 Å². The first-order chi connectivity index (χ1) is 17.0. The topological polar surface area (TPSA) is 103 Å². The molecular weight excluding hydrogens is 539 g/mol. The van der Waals surface area contributed by atoms with Crippen molar-refractivity contribution in [2.75, 3.05) is 43.4 Å². The van der Waals surface area contributed by atoms with Crippen LogP contribution in [0.1, 0.15) is 42.9 Å². The molecule has 0 spiro atoms. The second kappa shape index (κ2) is 10.7. The summed E-state index contributed by atoms with van der Waals surface area (Å²) >= 11 is 7.87. The van der Waals surface area contributed by atoms with Gasteiger partial charge < -0.3 is 20.4 Å². The summed E-state index contributed by atoms with van der Waals surface area (Å²) in [5.41, 5.74) is -1.10. The minimum Gasteiger partial charge on any atom is -0.346 e. The third-order valence-electron chi connectivity index (χ3n) is 5.36. The minimum absolute atomic E-state index is 0.145. The number of nitrogens with one attached hydrogen (secondary N) is 2. The van der Waals surface area contributed by atoms with Gasteiger partial charge in [-0.05, 0) is 20.0 Å². The van der Waals surface area contributed by atoms with Gasteiger partial charge in [0.05, 0.1) is 29.0 Å². The Balaban J connectivity index is 1.37. The van der Waals surface area contributed by atoms with Crippen molar-refractivity contribution in [2.24, 2.45) is 0 Å². The van der Waals surface area contributed by atoms with Crippen LogP contribution in [0.25, 0.3) is 0 Å². The van der Waals surface area contributed by atoms with Crippen molar-refractivity contribution in [2.45, 2.75) is 19.1 Å². The van der Waals surface area contributed by atoms with Crippen LogP contribution in [0.15, 0.2) is 24.7 Å². The molecule has 0 radical (unpaired) electrons. The summed E-state index contributed by atoms with van der Waals surface area (Å²) in [5.74, 6) is -1.29. The van der Waals surface area contributed by atoms with Crippen LogP contribution in [0.2, 0.25) is 5.02 Å². The summed E-state index contributed by atoms with van der Waals surface area (Å²) in [6, 6.07) is 0.153. The van der Waals surface area contributed by atoms with Crippen LogP contribution in [0.3, 0.4) is 0 Å². The predicted octanol–water partition coefficient (Wildman–Crippen LogP) is 4.16. The lowest BCUT2D eigenvalue weighted by atomic mass is 10.2. The number of hydrogen-bond acceptors (Lipinski definition) is 9. The highest BCUT2D eigenvalue weighted by molar-refractivity contribution is 7.17. The Morgan fingerprint density at radius 1 is 1.03 bits per heavy atom. The molecule has 1 aliphatic heterocycles. The molecular formula is C21H21ClF3N7O2S2. The highest BCUT2D eigenvalue weighted by Crippen LogP contribution is 2.35. The average molecular weight is 560 g/mol. The first kappa shape index (κ1) is 26.3. The van der Waals surface area contributed by atoms with Crippen molar-refractivity contribution < 1.29 is 22.8 Å². The second-order valence-electron chi connectivity index (χ2n) is 8.06. The highest BCUT2D eigenvalue weighted by Gasteiger charge is 2.34. The Morgan fingerprint density at radius 2 is 1.69 bits per heavy atom. The molecule has 3 aromatic heterocycles. The molecule has 3 aromatic rings. The molecule has 1 fully saturated rings. The van der Waals surface area contributed by atoms with Crippen molar-refractivity contribution in [1.29, 1.82) is 0 Å². The average Bonchev–Trinajstić information content (AvgIpc) is 3.51. The van der Waals surface area contributed by atoms with E-state index in [2.05, 4.69) is 42.4 Å².